The fourth-order valence-corrected chi connectivity index (χ4v) is 2.08. The van der Waals surface area contributed by atoms with Gasteiger partial charge < -0.3 is 4.74 Å². The van der Waals surface area contributed by atoms with Crippen LogP contribution in [0.1, 0.15) is 42.4 Å². The summed E-state index contributed by atoms with van der Waals surface area (Å²) in [5, 5.41) is 0. The molecule has 0 radical (unpaired) electrons. The maximum atomic E-state index is 12.1. The van der Waals surface area contributed by atoms with Crippen LogP contribution in [0.3, 0.4) is 0 Å². The Morgan fingerprint density at radius 1 is 1.41 bits per heavy atom. The maximum absolute atomic E-state index is 12.1. The van der Waals surface area contributed by atoms with Crippen LogP contribution in [0.4, 0.5) is 0 Å². The highest BCUT2D eigenvalue weighted by atomic mass is 16.6. The van der Waals surface area contributed by atoms with Crippen LogP contribution in [0.15, 0.2) is 24.3 Å². The first kappa shape index (κ1) is 11.6. The minimum atomic E-state index is -0.559. The van der Waals surface area contributed by atoms with Crippen molar-refractivity contribution in [3.63, 3.8) is 0 Å². The van der Waals surface area contributed by atoms with E-state index in [2.05, 4.69) is 0 Å². The van der Waals surface area contributed by atoms with Gasteiger partial charge in [-0.1, -0.05) is 25.1 Å². The fourth-order valence-electron chi connectivity index (χ4n) is 2.08. The molecule has 2 rings (SSSR count). The molecule has 17 heavy (non-hydrogen) atoms. The van der Waals surface area contributed by atoms with Gasteiger partial charge in [0.1, 0.15) is 0 Å². The molecule has 1 unspecified atom stereocenters. The van der Waals surface area contributed by atoms with Gasteiger partial charge in [-0.05, 0) is 12.5 Å². The number of nitrogens with zero attached hydrogens (tertiary/aromatic N) is 1. The molecule has 4 nitrogen and oxygen atoms in total. The predicted octanol–water partition coefficient (Wildman–Crippen LogP) is 2.11. The maximum Gasteiger partial charge on any atom is 0.304 e. The van der Waals surface area contributed by atoms with E-state index >= 15 is 0 Å². The zero-order chi connectivity index (χ0) is 12.4. The van der Waals surface area contributed by atoms with E-state index in [9.17, 15) is 9.59 Å². The average molecular weight is 233 g/mol. The molecule has 0 saturated carbocycles. The van der Waals surface area contributed by atoms with Gasteiger partial charge in [0.2, 0.25) is 6.23 Å². The molecule has 0 aromatic heterocycles. The number of hydrogen-bond acceptors (Lipinski definition) is 3. The van der Waals surface area contributed by atoms with Gasteiger partial charge in [0.15, 0.2) is 0 Å². The van der Waals surface area contributed by atoms with Crippen LogP contribution in [0.2, 0.25) is 0 Å². The Bertz CT molecular complexity index is 456. The summed E-state index contributed by atoms with van der Waals surface area (Å²) in [7, 11) is 0. The second-order valence-electron chi connectivity index (χ2n) is 4.05. The van der Waals surface area contributed by atoms with Crippen LogP contribution >= 0.6 is 0 Å². The monoisotopic (exact) mass is 233 g/mol. The van der Waals surface area contributed by atoms with Gasteiger partial charge in [-0.15, -0.1) is 0 Å². The van der Waals surface area contributed by atoms with Gasteiger partial charge in [-0.3, -0.25) is 14.5 Å². The van der Waals surface area contributed by atoms with E-state index in [4.69, 9.17) is 4.74 Å². The number of esters is 1. The minimum absolute atomic E-state index is 0.0614. The molecule has 1 atom stereocenters. The highest BCUT2D eigenvalue weighted by Crippen LogP contribution is 2.34. The summed E-state index contributed by atoms with van der Waals surface area (Å²) in [4.78, 5) is 24.8. The molecule has 1 aliphatic heterocycles. The summed E-state index contributed by atoms with van der Waals surface area (Å²) >= 11 is 0. The normalized spacial score (nSPS) is 18.1. The molecular formula is C13H15NO3. The van der Waals surface area contributed by atoms with Crippen molar-refractivity contribution in [2.45, 2.75) is 26.5 Å². The van der Waals surface area contributed by atoms with E-state index in [1.807, 2.05) is 25.1 Å². The number of amides is 1. The van der Waals surface area contributed by atoms with E-state index in [0.29, 0.717) is 12.1 Å². The van der Waals surface area contributed by atoms with Crippen LogP contribution in [0.25, 0.3) is 0 Å². The Hall–Kier alpha value is -1.84. The number of hydrogen-bond donors (Lipinski definition) is 0. The van der Waals surface area contributed by atoms with Crippen molar-refractivity contribution in [2.24, 2.45) is 0 Å². The Morgan fingerprint density at radius 2 is 2.12 bits per heavy atom. The fraction of sp³-hybridized carbons (Fsp3) is 0.385. The predicted molar refractivity (Wildman–Crippen MR) is 62.3 cm³/mol. The van der Waals surface area contributed by atoms with Gasteiger partial charge in [0.05, 0.1) is 0 Å². The molecule has 0 spiro atoms. The molecule has 0 aliphatic carbocycles. The number of ether oxygens (including phenoxy) is 1. The van der Waals surface area contributed by atoms with Gasteiger partial charge in [0.25, 0.3) is 5.91 Å². The number of benzene rings is 1. The number of rotatable bonds is 3. The standard InChI is InChI=1S/C13H15NO3/c1-3-8-14-12(16)10-6-4-5-7-11(10)13(14)17-9(2)15/h4-7,13H,3,8H2,1-2H3. The van der Waals surface area contributed by atoms with E-state index in [-0.39, 0.29) is 11.9 Å². The molecule has 1 heterocycles. The topological polar surface area (TPSA) is 46.6 Å². The highest BCUT2D eigenvalue weighted by molar-refractivity contribution is 5.99. The van der Waals surface area contributed by atoms with E-state index in [1.54, 1.807) is 11.0 Å². The first-order valence-corrected chi connectivity index (χ1v) is 5.72. The van der Waals surface area contributed by atoms with Crippen LogP contribution in [0, 0.1) is 0 Å². The summed E-state index contributed by atoms with van der Waals surface area (Å²) in [5.74, 6) is -0.436. The lowest BCUT2D eigenvalue weighted by atomic mass is 10.1. The zero-order valence-corrected chi connectivity index (χ0v) is 9.97. The lowest BCUT2D eigenvalue weighted by Gasteiger charge is -2.23. The summed E-state index contributed by atoms with van der Waals surface area (Å²) in [6.45, 7) is 3.93. The lowest BCUT2D eigenvalue weighted by Crippen LogP contribution is -2.31. The van der Waals surface area contributed by atoms with Crippen LogP contribution < -0.4 is 0 Å². The third-order valence-corrected chi connectivity index (χ3v) is 2.74. The molecule has 0 saturated heterocycles. The Labute approximate surface area is 100 Å². The van der Waals surface area contributed by atoms with Crippen molar-refractivity contribution in [1.29, 1.82) is 0 Å². The summed E-state index contributed by atoms with van der Waals surface area (Å²) in [6.07, 6.45) is 0.272. The zero-order valence-electron chi connectivity index (χ0n) is 9.97. The molecule has 4 heteroatoms. The number of carbonyl (C=O) groups is 2. The third-order valence-electron chi connectivity index (χ3n) is 2.74. The molecule has 0 fully saturated rings. The Morgan fingerprint density at radius 3 is 2.76 bits per heavy atom. The summed E-state index contributed by atoms with van der Waals surface area (Å²) in [6, 6.07) is 7.26. The molecule has 90 valence electrons. The van der Waals surface area contributed by atoms with E-state index in [0.717, 1.165) is 12.0 Å². The molecule has 0 N–H and O–H groups in total. The van der Waals surface area contributed by atoms with Gasteiger partial charge in [0, 0.05) is 24.6 Å². The van der Waals surface area contributed by atoms with Crippen molar-refractivity contribution in [1.82, 2.24) is 4.90 Å². The minimum Gasteiger partial charge on any atom is -0.437 e. The van der Waals surface area contributed by atoms with Crippen molar-refractivity contribution >= 4 is 11.9 Å². The van der Waals surface area contributed by atoms with Crippen LogP contribution in [-0.4, -0.2) is 23.3 Å². The lowest BCUT2D eigenvalue weighted by molar-refractivity contribution is -0.153. The Kier molecular flexibility index (Phi) is 3.13. The first-order valence-electron chi connectivity index (χ1n) is 5.72. The summed E-state index contributed by atoms with van der Waals surface area (Å²) < 4.78 is 5.24. The molecular weight excluding hydrogens is 218 g/mol. The molecule has 1 aromatic carbocycles. The molecule has 0 bridgehead atoms. The SMILES string of the molecule is CCCN1C(=O)c2ccccc2C1OC(C)=O. The first-order chi connectivity index (χ1) is 8.15. The van der Waals surface area contributed by atoms with Crippen LogP contribution in [0.5, 0.6) is 0 Å². The highest BCUT2D eigenvalue weighted by Gasteiger charge is 2.37. The van der Waals surface area contributed by atoms with E-state index < -0.39 is 6.23 Å². The van der Waals surface area contributed by atoms with Crippen molar-refractivity contribution in [2.75, 3.05) is 6.54 Å². The number of carbonyl (C=O) groups excluding carboxylic acids is 2. The average Bonchev–Trinajstić information content (AvgIpc) is 2.55. The van der Waals surface area contributed by atoms with Crippen molar-refractivity contribution < 1.29 is 14.3 Å². The van der Waals surface area contributed by atoms with Crippen molar-refractivity contribution in [3.8, 4) is 0 Å². The van der Waals surface area contributed by atoms with Crippen LogP contribution in [-0.2, 0) is 9.53 Å². The van der Waals surface area contributed by atoms with Gasteiger partial charge in [-0.25, -0.2) is 0 Å². The van der Waals surface area contributed by atoms with Crippen molar-refractivity contribution in [3.05, 3.63) is 35.4 Å². The van der Waals surface area contributed by atoms with Gasteiger partial charge in [-0.2, -0.15) is 0 Å². The quantitative estimate of drug-likeness (QED) is 0.751. The molecule has 1 aromatic rings. The molecule has 1 amide bonds. The summed E-state index contributed by atoms with van der Waals surface area (Å²) in [5.41, 5.74) is 1.41. The van der Waals surface area contributed by atoms with E-state index in [1.165, 1.54) is 6.92 Å². The third kappa shape index (κ3) is 2.02. The smallest absolute Gasteiger partial charge is 0.304 e. The largest absolute Gasteiger partial charge is 0.437 e. The second kappa shape index (κ2) is 4.57. The van der Waals surface area contributed by atoms with Gasteiger partial charge >= 0.3 is 5.97 Å². The Balaban J connectivity index is 2.38. The molecule has 1 aliphatic rings. The number of fused-ring (bicyclic) bond motifs is 1. The second-order valence-corrected chi connectivity index (χ2v) is 4.05.